The summed E-state index contributed by atoms with van der Waals surface area (Å²) in [4.78, 5) is 25.7. The molecule has 2 aromatic carbocycles. The van der Waals surface area contributed by atoms with E-state index in [1.807, 2.05) is 30.3 Å². The normalized spacial score (nSPS) is 15.5. The third-order valence-electron chi connectivity index (χ3n) is 5.42. The Kier molecular flexibility index (Phi) is 6.89. The van der Waals surface area contributed by atoms with Gasteiger partial charge in [-0.1, -0.05) is 30.3 Å². The van der Waals surface area contributed by atoms with E-state index in [-0.39, 0.29) is 28.7 Å². The lowest BCUT2D eigenvalue weighted by atomic mass is 9.87. The molecule has 2 aromatic rings. The molecule has 0 aliphatic carbocycles. The highest BCUT2D eigenvalue weighted by atomic mass is 16.6. The topological polar surface area (TPSA) is 102 Å². The number of piperidine rings is 1. The van der Waals surface area contributed by atoms with Crippen LogP contribution in [-0.4, -0.2) is 47.6 Å². The second kappa shape index (κ2) is 9.58. The number of aliphatic hydroxyl groups excluding tert-OH is 1. The largest absolute Gasteiger partial charge is 0.493 e. The van der Waals surface area contributed by atoms with Gasteiger partial charge in [-0.2, -0.15) is 0 Å². The number of likely N-dealkylation sites (tertiary alicyclic amines) is 1. The minimum absolute atomic E-state index is 0.0256. The van der Waals surface area contributed by atoms with E-state index in [0.717, 1.165) is 5.56 Å². The van der Waals surface area contributed by atoms with Crippen LogP contribution in [0.15, 0.2) is 42.5 Å². The van der Waals surface area contributed by atoms with Crippen LogP contribution in [-0.2, 0) is 0 Å². The number of carbonyl (C=O) groups is 1. The molecule has 1 aliphatic heterocycles. The standard InChI is InChI=1S/C22H26N2O6/c1-3-30-20-14-18(24(27)28)17(13-19(20)29-2)22(26)23-11-9-16(10-12-23)21(25)15-7-5-4-6-8-15/h4-8,13-14,16,21,25H,3,9-12H2,1-2H3/t21-/m1/s1. The summed E-state index contributed by atoms with van der Waals surface area (Å²) in [6.45, 7) is 2.91. The van der Waals surface area contributed by atoms with E-state index >= 15 is 0 Å². The zero-order valence-corrected chi connectivity index (χ0v) is 17.1. The molecular formula is C22H26N2O6. The molecule has 1 heterocycles. The number of hydrogen-bond donors (Lipinski definition) is 1. The summed E-state index contributed by atoms with van der Waals surface area (Å²) in [6, 6.07) is 12.0. The number of ether oxygens (including phenoxy) is 2. The van der Waals surface area contributed by atoms with Gasteiger partial charge in [-0.3, -0.25) is 14.9 Å². The molecule has 3 rings (SSSR count). The Labute approximate surface area is 175 Å². The van der Waals surface area contributed by atoms with Crippen LogP contribution < -0.4 is 9.47 Å². The van der Waals surface area contributed by atoms with E-state index in [4.69, 9.17) is 9.47 Å². The highest BCUT2D eigenvalue weighted by molar-refractivity contribution is 5.99. The van der Waals surface area contributed by atoms with Gasteiger partial charge in [-0.15, -0.1) is 0 Å². The molecule has 1 amide bonds. The van der Waals surface area contributed by atoms with Gasteiger partial charge in [0.25, 0.3) is 11.6 Å². The second-order valence-corrected chi connectivity index (χ2v) is 7.20. The van der Waals surface area contributed by atoms with Crippen LogP contribution in [0.1, 0.15) is 41.8 Å². The number of methoxy groups -OCH3 is 1. The van der Waals surface area contributed by atoms with Crippen LogP contribution in [0.25, 0.3) is 0 Å². The van der Waals surface area contributed by atoms with Crippen LogP contribution in [0.4, 0.5) is 5.69 Å². The molecule has 0 saturated carbocycles. The molecular weight excluding hydrogens is 388 g/mol. The van der Waals surface area contributed by atoms with Gasteiger partial charge < -0.3 is 19.5 Å². The molecule has 1 aliphatic rings. The Morgan fingerprint density at radius 3 is 2.47 bits per heavy atom. The Balaban J connectivity index is 1.76. The highest BCUT2D eigenvalue weighted by Crippen LogP contribution is 2.37. The van der Waals surface area contributed by atoms with Crippen molar-refractivity contribution >= 4 is 11.6 Å². The molecule has 1 atom stereocenters. The Hall–Kier alpha value is -3.13. The molecule has 0 aromatic heterocycles. The first-order chi connectivity index (χ1) is 14.5. The molecule has 0 unspecified atom stereocenters. The number of nitro benzene ring substituents is 1. The van der Waals surface area contributed by atoms with Crippen molar-refractivity contribution in [2.45, 2.75) is 25.9 Å². The summed E-state index contributed by atoms with van der Waals surface area (Å²) in [7, 11) is 1.43. The molecule has 1 N–H and O–H groups in total. The number of hydrogen-bond acceptors (Lipinski definition) is 6. The zero-order valence-electron chi connectivity index (χ0n) is 17.1. The molecule has 0 spiro atoms. The van der Waals surface area contributed by atoms with Gasteiger partial charge >= 0.3 is 0 Å². The number of rotatable bonds is 7. The van der Waals surface area contributed by atoms with Crippen LogP contribution in [0.2, 0.25) is 0 Å². The number of nitrogens with zero attached hydrogens (tertiary/aromatic N) is 2. The Bertz CT molecular complexity index is 894. The number of benzene rings is 2. The van der Waals surface area contributed by atoms with Crippen molar-refractivity contribution in [3.05, 3.63) is 63.7 Å². The zero-order chi connectivity index (χ0) is 21.7. The lowest BCUT2D eigenvalue weighted by Gasteiger charge is -2.34. The van der Waals surface area contributed by atoms with E-state index in [9.17, 15) is 20.0 Å². The molecule has 8 nitrogen and oxygen atoms in total. The fourth-order valence-corrected chi connectivity index (χ4v) is 3.81. The average molecular weight is 414 g/mol. The van der Waals surface area contributed by atoms with Crippen molar-refractivity contribution in [3.8, 4) is 11.5 Å². The highest BCUT2D eigenvalue weighted by Gasteiger charge is 2.32. The lowest BCUT2D eigenvalue weighted by Crippen LogP contribution is -2.40. The number of aliphatic hydroxyl groups is 1. The fraction of sp³-hybridized carbons (Fsp3) is 0.409. The van der Waals surface area contributed by atoms with Gasteiger partial charge in [-0.25, -0.2) is 0 Å². The van der Waals surface area contributed by atoms with Gasteiger partial charge in [0.15, 0.2) is 11.5 Å². The van der Waals surface area contributed by atoms with Gasteiger partial charge in [0.2, 0.25) is 0 Å². The van der Waals surface area contributed by atoms with E-state index in [1.54, 1.807) is 11.8 Å². The minimum Gasteiger partial charge on any atom is -0.493 e. The summed E-state index contributed by atoms with van der Waals surface area (Å²) in [5.41, 5.74) is 0.521. The van der Waals surface area contributed by atoms with E-state index < -0.39 is 16.9 Å². The number of carbonyl (C=O) groups excluding carboxylic acids is 1. The number of amides is 1. The van der Waals surface area contributed by atoms with Gasteiger partial charge in [0.1, 0.15) is 5.56 Å². The van der Waals surface area contributed by atoms with Crippen molar-refractivity contribution in [3.63, 3.8) is 0 Å². The van der Waals surface area contributed by atoms with Crippen LogP contribution in [0.3, 0.4) is 0 Å². The maximum Gasteiger partial charge on any atom is 0.286 e. The Morgan fingerprint density at radius 1 is 1.23 bits per heavy atom. The van der Waals surface area contributed by atoms with Gasteiger partial charge in [0.05, 0.1) is 30.8 Å². The summed E-state index contributed by atoms with van der Waals surface area (Å²) in [6.07, 6.45) is 0.636. The number of nitro groups is 1. The maximum atomic E-state index is 13.1. The predicted octanol–water partition coefficient (Wildman–Crippen LogP) is 3.59. The molecule has 1 fully saturated rings. The van der Waals surface area contributed by atoms with Crippen molar-refractivity contribution in [1.29, 1.82) is 0 Å². The first-order valence-corrected chi connectivity index (χ1v) is 9.97. The molecule has 8 heteroatoms. The SMILES string of the molecule is CCOc1cc([N+](=O)[O-])c(C(=O)N2CCC([C@H](O)c3ccccc3)CC2)cc1OC. The van der Waals surface area contributed by atoms with Crippen molar-refractivity contribution in [1.82, 2.24) is 4.90 Å². The summed E-state index contributed by atoms with van der Waals surface area (Å²) in [5.74, 6) is 0.116. The third kappa shape index (κ3) is 4.54. The molecule has 0 bridgehead atoms. The first-order valence-electron chi connectivity index (χ1n) is 9.97. The molecule has 1 saturated heterocycles. The minimum atomic E-state index is -0.594. The fourth-order valence-electron chi connectivity index (χ4n) is 3.81. The molecule has 30 heavy (non-hydrogen) atoms. The molecule has 160 valence electrons. The van der Waals surface area contributed by atoms with Gasteiger partial charge in [0, 0.05) is 19.2 Å². The average Bonchev–Trinajstić information content (AvgIpc) is 2.78. The maximum absolute atomic E-state index is 13.1. The van der Waals surface area contributed by atoms with Crippen LogP contribution in [0.5, 0.6) is 11.5 Å². The van der Waals surface area contributed by atoms with E-state index in [0.29, 0.717) is 32.5 Å². The van der Waals surface area contributed by atoms with Crippen molar-refractivity contribution in [2.75, 3.05) is 26.8 Å². The van der Waals surface area contributed by atoms with E-state index in [2.05, 4.69) is 0 Å². The van der Waals surface area contributed by atoms with Gasteiger partial charge in [-0.05, 0) is 31.2 Å². The summed E-state index contributed by atoms with van der Waals surface area (Å²) < 4.78 is 10.7. The summed E-state index contributed by atoms with van der Waals surface area (Å²) >= 11 is 0. The van der Waals surface area contributed by atoms with Crippen molar-refractivity contribution < 1.29 is 24.3 Å². The van der Waals surface area contributed by atoms with Crippen LogP contribution >= 0.6 is 0 Å². The summed E-state index contributed by atoms with van der Waals surface area (Å²) in [5, 5.41) is 22.2. The van der Waals surface area contributed by atoms with Crippen molar-refractivity contribution in [2.24, 2.45) is 5.92 Å². The molecule has 0 radical (unpaired) electrons. The third-order valence-corrected chi connectivity index (χ3v) is 5.42. The monoisotopic (exact) mass is 414 g/mol. The Morgan fingerprint density at radius 2 is 1.90 bits per heavy atom. The second-order valence-electron chi connectivity index (χ2n) is 7.20. The van der Waals surface area contributed by atoms with Crippen LogP contribution in [0, 0.1) is 16.0 Å². The van der Waals surface area contributed by atoms with E-state index in [1.165, 1.54) is 19.2 Å². The smallest absolute Gasteiger partial charge is 0.286 e. The lowest BCUT2D eigenvalue weighted by molar-refractivity contribution is -0.385. The quantitative estimate of drug-likeness (QED) is 0.549. The first kappa shape index (κ1) is 21.6. The predicted molar refractivity (Wildman–Crippen MR) is 111 cm³/mol.